The van der Waals surface area contributed by atoms with E-state index in [1.807, 2.05) is 5.38 Å². The van der Waals surface area contributed by atoms with Gasteiger partial charge < -0.3 is 15.7 Å². The first-order chi connectivity index (χ1) is 9.10. The molecular formula is C12H17N3O3S. The van der Waals surface area contributed by atoms with Crippen LogP contribution in [-0.4, -0.2) is 40.0 Å². The number of hydrogen-bond donors (Lipinski definition) is 2. The molecule has 1 unspecified atom stereocenters. The summed E-state index contributed by atoms with van der Waals surface area (Å²) in [6.07, 6.45) is 1.61. The summed E-state index contributed by atoms with van der Waals surface area (Å²) in [7, 11) is 0. The minimum absolute atomic E-state index is 0.0557. The molecule has 1 aromatic rings. The van der Waals surface area contributed by atoms with Crippen LogP contribution in [0.3, 0.4) is 0 Å². The molecule has 3 N–H and O–H groups in total. The number of aromatic nitrogens is 1. The van der Waals surface area contributed by atoms with Gasteiger partial charge in [-0.1, -0.05) is 0 Å². The third-order valence-electron chi connectivity index (χ3n) is 3.23. The van der Waals surface area contributed by atoms with Gasteiger partial charge in [0.2, 0.25) is 5.91 Å². The van der Waals surface area contributed by atoms with Gasteiger partial charge in [-0.05, 0) is 12.8 Å². The zero-order chi connectivity index (χ0) is 13.8. The number of carbonyl (C=O) groups excluding carboxylic acids is 1. The van der Waals surface area contributed by atoms with E-state index in [-0.39, 0.29) is 12.3 Å². The number of nitrogens with zero attached hydrogens (tertiary/aromatic N) is 2. The molecule has 6 nitrogen and oxygen atoms in total. The van der Waals surface area contributed by atoms with Crippen molar-refractivity contribution in [2.24, 2.45) is 11.7 Å². The Morgan fingerprint density at radius 1 is 1.58 bits per heavy atom. The maximum atomic E-state index is 12.1. The highest BCUT2D eigenvalue weighted by Gasteiger charge is 2.28. The summed E-state index contributed by atoms with van der Waals surface area (Å²) in [5.74, 6) is -1.32. The Bertz CT molecular complexity index is 475. The highest BCUT2D eigenvalue weighted by atomic mass is 32.1. The van der Waals surface area contributed by atoms with Gasteiger partial charge in [0.15, 0.2) is 0 Å². The molecule has 0 aromatic carbocycles. The Balaban J connectivity index is 1.93. The zero-order valence-electron chi connectivity index (χ0n) is 10.5. The minimum atomic E-state index is -0.823. The topological polar surface area (TPSA) is 96.5 Å². The van der Waals surface area contributed by atoms with Gasteiger partial charge in [0.1, 0.15) is 5.01 Å². The number of carbonyl (C=O) groups is 2. The van der Waals surface area contributed by atoms with Crippen molar-refractivity contribution in [2.75, 3.05) is 13.1 Å². The van der Waals surface area contributed by atoms with Crippen LogP contribution in [0.1, 0.15) is 23.5 Å². The number of rotatable bonds is 4. The van der Waals surface area contributed by atoms with Crippen LogP contribution < -0.4 is 5.73 Å². The molecule has 7 heteroatoms. The quantitative estimate of drug-likeness (QED) is 0.837. The number of hydrogen-bond acceptors (Lipinski definition) is 5. The van der Waals surface area contributed by atoms with Crippen LogP contribution in [0.2, 0.25) is 0 Å². The largest absolute Gasteiger partial charge is 0.481 e. The minimum Gasteiger partial charge on any atom is -0.481 e. The van der Waals surface area contributed by atoms with Crippen molar-refractivity contribution in [3.63, 3.8) is 0 Å². The van der Waals surface area contributed by atoms with Gasteiger partial charge in [-0.2, -0.15) is 0 Å². The van der Waals surface area contributed by atoms with Crippen molar-refractivity contribution in [3.05, 3.63) is 16.1 Å². The molecule has 1 saturated heterocycles. The number of nitrogens with two attached hydrogens (primary N) is 1. The lowest BCUT2D eigenvalue weighted by atomic mass is 9.98. The molecular weight excluding hydrogens is 266 g/mol. The fourth-order valence-corrected chi connectivity index (χ4v) is 2.87. The lowest BCUT2D eigenvalue weighted by Crippen LogP contribution is -2.43. The highest BCUT2D eigenvalue weighted by Crippen LogP contribution is 2.18. The SMILES string of the molecule is NCc1nc(CC(=O)N2CCCC(C(=O)O)C2)cs1. The number of thiazole rings is 1. The average Bonchev–Trinajstić information content (AvgIpc) is 2.86. The molecule has 1 amide bonds. The van der Waals surface area contributed by atoms with Crippen molar-refractivity contribution in [3.8, 4) is 0 Å². The molecule has 1 fully saturated rings. The molecule has 1 aliphatic rings. The van der Waals surface area contributed by atoms with E-state index < -0.39 is 11.9 Å². The van der Waals surface area contributed by atoms with Gasteiger partial charge in [0.25, 0.3) is 0 Å². The van der Waals surface area contributed by atoms with Gasteiger partial charge in [-0.15, -0.1) is 11.3 Å². The molecule has 2 heterocycles. The van der Waals surface area contributed by atoms with Crippen LogP contribution in [-0.2, 0) is 22.6 Å². The molecule has 0 radical (unpaired) electrons. The normalized spacial score (nSPS) is 19.4. The highest BCUT2D eigenvalue weighted by molar-refractivity contribution is 7.09. The summed E-state index contributed by atoms with van der Waals surface area (Å²) < 4.78 is 0. The standard InChI is InChI=1S/C12H17N3O3S/c13-5-10-14-9(7-19-10)4-11(16)15-3-1-2-8(6-15)12(17)18/h7-8H,1-6,13H2,(H,17,18). The second kappa shape index (κ2) is 6.12. The Labute approximate surface area is 115 Å². The Morgan fingerprint density at radius 2 is 2.37 bits per heavy atom. The van der Waals surface area contributed by atoms with Crippen molar-refractivity contribution in [1.29, 1.82) is 0 Å². The maximum Gasteiger partial charge on any atom is 0.308 e. The Hall–Kier alpha value is -1.47. The van der Waals surface area contributed by atoms with Gasteiger partial charge in [-0.25, -0.2) is 4.98 Å². The molecule has 19 heavy (non-hydrogen) atoms. The monoisotopic (exact) mass is 283 g/mol. The molecule has 0 spiro atoms. The van der Waals surface area contributed by atoms with Crippen LogP contribution in [0.15, 0.2) is 5.38 Å². The van der Waals surface area contributed by atoms with E-state index in [1.165, 1.54) is 11.3 Å². The molecule has 0 bridgehead atoms. The van der Waals surface area contributed by atoms with E-state index in [0.717, 1.165) is 11.4 Å². The summed E-state index contributed by atoms with van der Waals surface area (Å²) in [6, 6.07) is 0. The van der Waals surface area contributed by atoms with E-state index in [0.29, 0.717) is 31.7 Å². The molecule has 104 valence electrons. The van der Waals surface area contributed by atoms with Gasteiger partial charge in [-0.3, -0.25) is 9.59 Å². The lowest BCUT2D eigenvalue weighted by Gasteiger charge is -2.30. The fraction of sp³-hybridized carbons (Fsp3) is 0.583. The molecule has 0 saturated carbocycles. The first-order valence-corrected chi connectivity index (χ1v) is 7.12. The number of aliphatic carboxylic acids is 1. The number of likely N-dealkylation sites (tertiary alicyclic amines) is 1. The van der Waals surface area contributed by atoms with Gasteiger partial charge in [0, 0.05) is 25.0 Å². The van der Waals surface area contributed by atoms with E-state index in [4.69, 9.17) is 10.8 Å². The van der Waals surface area contributed by atoms with Crippen LogP contribution in [0.4, 0.5) is 0 Å². The molecule has 0 aliphatic carbocycles. The second-order valence-corrected chi connectivity index (χ2v) is 5.57. The summed E-state index contributed by atoms with van der Waals surface area (Å²) in [4.78, 5) is 28.9. The first kappa shape index (κ1) is 14.0. The van der Waals surface area contributed by atoms with Crippen molar-refractivity contribution >= 4 is 23.2 Å². The molecule has 2 rings (SSSR count). The van der Waals surface area contributed by atoms with Gasteiger partial charge in [0.05, 0.1) is 18.0 Å². The second-order valence-electron chi connectivity index (χ2n) is 4.63. The number of carboxylic acids is 1. The van der Waals surface area contributed by atoms with Crippen LogP contribution >= 0.6 is 11.3 Å². The molecule has 1 aliphatic heterocycles. The predicted molar refractivity (Wildman–Crippen MR) is 70.6 cm³/mol. The number of amides is 1. The fourth-order valence-electron chi connectivity index (χ4n) is 2.20. The van der Waals surface area contributed by atoms with Crippen molar-refractivity contribution in [2.45, 2.75) is 25.8 Å². The summed E-state index contributed by atoms with van der Waals surface area (Å²) >= 11 is 1.44. The number of carboxylic acid groups (broad SMARTS) is 1. The predicted octanol–water partition coefficient (Wildman–Crippen LogP) is 0.467. The number of piperidine rings is 1. The van der Waals surface area contributed by atoms with E-state index >= 15 is 0 Å². The molecule has 1 aromatic heterocycles. The smallest absolute Gasteiger partial charge is 0.308 e. The Kier molecular flexibility index (Phi) is 4.49. The Morgan fingerprint density at radius 3 is 3.00 bits per heavy atom. The van der Waals surface area contributed by atoms with Crippen molar-refractivity contribution < 1.29 is 14.7 Å². The lowest BCUT2D eigenvalue weighted by molar-refractivity contribution is -0.145. The van der Waals surface area contributed by atoms with Gasteiger partial charge >= 0.3 is 5.97 Å². The van der Waals surface area contributed by atoms with Crippen LogP contribution in [0.25, 0.3) is 0 Å². The van der Waals surface area contributed by atoms with Crippen LogP contribution in [0, 0.1) is 5.92 Å². The third-order valence-corrected chi connectivity index (χ3v) is 4.15. The maximum absolute atomic E-state index is 12.1. The average molecular weight is 283 g/mol. The zero-order valence-corrected chi connectivity index (χ0v) is 11.4. The first-order valence-electron chi connectivity index (χ1n) is 6.24. The summed E-state index contributed by atoms with van der Waals surface area (Å²) in [5.41, 5.74) is 6.19. The van der Waals surface area contributed by atoms with Crippen molar-refractivity contribution in [1.82, 2.24) is 9.88 Å². The van der Waals surface area contributed by atoms with E-state index in [2.05, 4.69) is 4.98 Å². The molecule has 1 atom stereocenters. The third kappa shape index (κ3) is 3.51. The van der Waals surface area contributed by atoms with E-state index in [9.17, 15) is 9.59 Å². The van der Waals surface area contributed by atoms with Crippen LogP contribution in [0.5, 0.6) is 0 Å². The summed E-state index contributed by atoms with van der Waals surface area (Å²) in [6.45, 7) is 1.32. The summed E-state index contributed by atoms with van der Waals surface area (Å²) in [5, 5.41) is 11.6. The van der Waals surface area contributed by atoms with E-state index in [1.54, 1.807) is 4.90 Å².